The van der Waals surface area contributed by atoms with Crippen LogP contribution in [0.25, 0.3) is 11.0 Å². The molecule has 108 valence electrons. The lowest BCUT2D eigenvalue weighted by atomic mass is 10.1. The molecule has 0 radical (unpaired) electrons. The normalized spacial score (nSPS) is 10.8. The Morgan fingerprint density at radius 1 is 1.14 bits per heavy atom. The van der Waals surface area contributed by atoms with Crippen LogP contribution < -0.4 is 9.47 Å². The first-order valence-corrected chi connectivity index (χ1v) is 6.89. The molecule has 0 fully saturated rings. The van der Waals surface area contributed by atoms with E-state index in [1.807, 2.05) is 30.3 Å². The minimum absolute atomic E-state index is 0.418. The van der Waals surface area contributed by atoms with Crippen LogP contribution in [0.4, 0.5) is 0 Å². The van der Waals surface area contributed by atoms with Gasteiger partial charge in [0.15, 0.2) is 0 Å². The lowest BCUT2D eigenvalue weighted by molar-refractivity contribution is 0.295. The number of methoxy groups -OCH3 is 1. The minimum Gasteiger partial charge on any atom is -0.497 e. The van der Waals surface area contributed by atoms with E-state index < -0.39 is 0 Å². The fraction of sp³-hybridized carbons (Fsp3) is 0.235. The van der Waals surface area contributed by atoms with Gasteiger partial charge in [-0.25, -0.2) is 4.98 Å². The number of H-pyrrole nitrogens is 1. The van der Waals surface area contributed by atoms with E-state index in [-0.39, 0.29) is 0 Å². The van der Waals surface area contributed by atoms with Gasteiger partial charge in [0.2, 0.25) is 0 Å². The SMILES string of the molecule is COc1ccc2nc(COc3cccc(C)c3C)[nH]c2c1. The summed E-state index contributed by atoms with van der Waals surface area (Å²) in [7, 11) is 1.65. The molecule has 1 N–H and O–H groups in total. The van der Waals surface area contributed by atoms with Crippen LogP contribution in [0.5, 0.6) is 11.5 Å². The molecule has 0 saturated heterocycles. The van der Waals surface area contributed by atoms with Crippen molar-refractivity contribution in [3.05, 3.63) is 53.3 Å². The average molecular weight is 282 g/mol. The van der Waals surface area contributed by atoms with Gasteiger partial charge in [0.05, 0.1) is 18.1 Å². The maximum absolute atomic E-state index is 5.86. The second kappa shape index (κ2) is 5.48. The summed E-state index contributed by atoms with van der Waals surface area (Å²) in [5.41, 5.74) is 4.25. The molecular formula is C17H18N2O2. The summed E-state index contributed by atoms with van der Waals surface area (Å²) >= 11 is 0. The number of ether oxygens (including phenoxy) is 2. The molecular weight excluding hydrogens is 264 g/mol. The fourth-order valence-corrected chi connectivity index (χ4v) is 2.26. The van der Waals surface area contributed by atoms with Crippen molar-refractivity contribution in [3.8, 4) is 11.5 Å². The fourth-order valence-electron chi connectivity index (χ4n) is 2.26. The summed E-state index contributed by atoms with van der Waals surface area (Å²) in [5.74, 6) is 2.51. The van der Waals surface area contributed by atoms with Gasteiger partial charge in [0, 0.05) is 6.07 Å². The molecule has 0 bridgehead atoms. The van der Waals surface area contributed by atoms with Gasteiger partial charge >= 0.3 is 0 Å². The van der Waals surface area contributed by atoms with Crippen LogP contribution in [-0.2, 0) is 6.61 Å². The zero-order chi connectivity index (χ0) is 14.8. The molecule has 1 aromatic heterocycles. The zero-order valence-corrected chi connectivity index (χ0v) is 12.4. The van der Waals surface area contributed by atoms with E-state index in [2.05, 4.69) is 29.9 Å². The highest BCUT2D eigenvalue weighted by Crippen LogP contribution is 2.22. The number of imidazole rings is 1. The Morgan fingerprint density at radius 2 is 2.00 bits per heavy atom. The van der Waals surface area contributed by atoms with Crippen LogP contribution in [0.15, 0.2) is 36.4 Å². The minimum atomic E-state index is 0.418. The van der Waals surface area contributed by atoms with E-state index in [1.165, 1.54) is 5.56 Å². The standard InChI is InChI=1S/C17H18N2O2/c1-11-5-4-6-16(12(11)2)21-10-17-18-14-8-7-13(20-3)9-15(14)19-17/h4-9H,10H2,1-3H3,(H,18,19). The van der Waals surface area contributed by atoms with Gasteiger partial charge in [0.1, 0.15) is 23.9 Å². The topological polar surface area (TPSA) is 47.1 Å². The number of aryl methyl sites for hydroxylation is 1. The molecule has 2 aromatic carbocycles. The van der Waals surface area contributed by atoms with E-state index in [0.29, 0.717) is 6.61 Å². The quantitative estimate of drug-likeness (QED) is 0.792. The van der Waals surface area contributed by atoms with Crippen LogP contribution in [0.3, 0.4) is 0 Å². The molecule has 4 heteroatoms. The molecule has 0 amide bonds. The van der Waals surface area contributed by atoms with Gasteiger partial charge in [-0.2, -0.15) is 0 Å². The largest absolute Gasteiger partial charge is 0.497 e. The summed E-state index contributed by atoms with van der Waals surface area (Å²) in [6.45, 7) is 4.56. The molecule has 0 saturated carbocycles. The van der Waals surface area contributed by atoms with Crippen molar-refractivity contribution in [3.63, 3.8) is 0 Å². The number of benzene rings is 2. The summed E-state index contributed by atoms with van der Waals surface area (Å²) < 4.78 is 11.1. The Morgan fingerprint density at radius 3 is 2.81 bits per heavy atom. The van der Waals surface area contributed by atoms with Gasteiger partial charge in [0.25, 0.3) is 0 Å². The average Bonchev–Trinajstić information content (AvgIpc) is 2.90. The molecule has 0 aliphatic rings. The van der Waals surface area contributed by atoms with Gasteiger partial charge in [-0.3, -0.25) is 0 Å². The van der Waals surface area contributed by atoms with Crippen molar-refractivity contribution in [1.82, 2.24) is 9.97 Å². The number of aromatic amines is 1. The molecule has 0 atom stereocenters. The Kier molecular flexibility index (Phi) is 3.52. The Labute approximate surface area is 123 Å². The third-order valence-corrected chi connectivity index (χ3v) is 3.66. The van der Waals surface area contributed by atoms with Crippen molar-refractivity contribution in [2.24, 2.45) is 0 Å². The first-order valence-electron chi connectivity index (χ1n) is 6.89. The maximum atomic E-state index is 5.86. The second-order valence-corrected chi connectivity index (χ2v) is 5.05. The molecule has 3 rings (SSSR count). The summed E-state index contributed by atoms with van der Waals surface area (Å²) in [4.78, 5) is 7.78. The van der Waals surface area contributed by atoms with Crippen LogP contribution in [-0.4, -0.2) is 17.1 Å². The third-order valence-electron chi connectivity index (χ3n) is 3.66. The highest BCUT2D eigenvalue weighted by molar-refractivity contribution is 5.76. The van der Waals surface area contributed by atoms with Gasteiger partial charge in [-0.05, 0) is 43.2 Å². The lowest BCUT2D eigenvalue weighted by Gasteiger charge is -2.09. The predicted molar refractivity (Wildman–Crippen MR) is 82.9 cm³/mol. The number of hydrogen-bond donors (Lipinski definition) is 1. The van der Waals surface area contributed by atoms with Crippen molar-refractivity contribution in [2.75, 3.05) is 7.11 Å². The lowest BCUT2D eigenvalue weighted by Crippen LogP contribution is -1.99. The molecule has 0 aliphatic carbocycles. The van der Waals surface area contributed by atoms with Gasteiger partial charge < -0.3 is 14.5 Å². The van der Waals surface area contributed by atoms with Gasteiger partial charge in [-0.15, -0.1) is 0 Å². The van der Waals surface area contributed by atoms with E-state index in [4.69, 9.17) is 9.47 Å². The highest BCUT2D eigenvalue weighted by atomic mass is 16.5. The molecule has 4 nitrogen and oxygen atoms in total. The maximum Gasteiger partial charge on any atom is 0.146 e. The number of hydrogen-bond acceptors (Lipinski definition) is 3. The number of nitrogens with one attached hydrogen (secondary N) is 1. The number of nitrogens with zero attached hydrogens (tertiary/aromatic N) is 1. The number of fused-ring (bicyclic) bond motifs is 1. The van der Waals surface area contributed by atoms with E-state index in [0.717, 1.165) is 33.9 Å². The first-order chi connectivity index (χ1) is 10.2. The predicted octanol–water partition coefficient (Wildman–Crippen LogP) is 3.77. The monoisotopic (exact) mass is 282 g/mol. The Balaban J connectivity index is 1.80. The molecule has 0 aliphatic heterocycles. The third kappa shape index (κ3) is 2.70. The zero-order valence-electron chi connectivity index (χ0n) is 12.4. The molecule has 0 unspecified atom stereocenters. The summed E-state index contributed by atoms with van der Waals surface area (Å²) in [6.07, 6.45) is 0. The van der Waals surface area contributed by atoms with Gasteiger partial charge in [-0.1, -0.05) is 12.1 Å². The molecule has 3 aromatic rings. The van der Waals surface area contributed by atoms with E-state index in [1.54, 1.807) is 7.11 Å². The molecule has 21 heavy (non-hydrogen) atoms. The molecule has 1 heterocycles. The Hall–Kier alpha value is -2.49. The first kappa shape index (κ1) is 13.5. The van der Waals surface area contributed by atoms with E-state index in [9.17, 15) is 0 Å². The number of rotatable bonds is 4. The van der Waals surface area contributed by atoms with Crippen LogP contribution >= 0.6 is 0 Å². The smallest absolute Gasteiger partial charge is 0.146 e. The van der Waals surface area contributed by atoms with Crippen LogP contribution in [0, 0.1) is 13.8 Å². The molecule has 0 spiro atoms. The van der Waals surface area contributed by atoms with Crippen molar-refractivity contribution in [2.45, 2.75) is 20.5 Å². The Bertz CT molecular complexity index is 778. The summed E-state index contributed by atoms with van der Waals surface area (Å²) in [6, 6.07) is 11.8. The van der Waals surface area contributed by atoms with Crippen molar-refractivity contribution < 1.29 is 9.47 Å². The number of aromatic nitrogens is 2. The summed E-state index contributed by atoms with van der Waals surface area (Å²) in [5, 5.41) is 0. The van der Waals surface area contributed by atoms with Crippen molar-refractivity contribution >= 4 is 11.0 Å². The van der Waals surface area contributed by atoms with Crippen LogP contribution in [0.1, 0.15) is 17.0 Å². The van der Waals surface area contributed by atoms with Crippen LogP contribution in [0.2, 0.25) is 0 Å². The highest BCUT2D eigenvalue weighted by Gasteiger charge is 2.06. The second-order valence-electron chi connectivity index (χ2n) is 5.05. The van der Waals surface area contributed by atoms with Crippen molar-refractivity contribution in [1.29, 1.82) is 0 Å². The van der Waals surface area contributed by atoms with E-state index >= 15 is 0 Å².